The van der Waals surface area contributed by atoms with Crippen LogP contribution in [0.1, 0.15) is 5.56 Å². The molecule has 0 saturated heterocycles. The van der Waals surface area contributed by atoms with Gasteiger partial charge in [-0.15, -0.1) is 0 Å². The van der Waals surface area contributed by atoms with Crippen molar-refractivity contribution in [1.29, 1.82) is 0 Å². The zero-order chi connectivity index (χ0) is 40.4. The van der Waals surface area contributed by atoms with Crippen molar-refractivity contribution in [3.8, 4) is 28.2 Å². The van der Waals surface area contributed by atoms with Gasteiger partial charge in [0.15, 0.2) is 0 Å². The van der Waals surface area contributed by atoms with Crippen molar-refractivity contribution >= 4 is 71.6 Å². The fourth-order valence-electron chi connectivity index (χ4n) is 9.54. The van der Waals surface area contributed by atoms with Gasteiger partial charge in [0.1, 0.15) is 0 Å². The summed E-state index contributed by atoms with van der Waals surface area (Å²) in [6.45, 7) is 2.14. The second-order valence-electron chi connectivity index (χ2n) is 15.9. The Bertz CT molecular complexity index is 3580. The van der Waals surface area contributed by atoms with E-state index in [1.54, 1.807) is 0 Å². The Hall–Kier alpha value is -8.08. The van der Waals surface area contributed by atoms with Gasteiger partial charge in [-0.25, -0.2) is 0 Å². The summed E-state index contributed by atoms with van der Waals surface area (Å²) in [5.41, 5.74) is 16.2. The predicted octanol–water partition coefficient (Wildman–Crippen LogP) is 15.3. The van der Waals surface area contributed by atoms with E-state index in [-0.39, 0.29) is 0 Å². The number of fused-ring (bicyclic) bond motifs is 8. The quantitative estimate of drug-likeness (QED) is 0.158. The van der Waals surface area contributed by atoms with Crippen molar-refractivity contribution in [2.75, 3.05) is 4.90 Å². The van der Waals surface area contributed by atoms with Crippen LogP contribution in [0.4, 0.5) is 17.1 Å². The van der Waals surface area contributed by atoms with E-state index in [2.05, 4.69) is 250 Å². The molecule has 4 nitrogen and oxygen atoms in total. The molecule has 0 unspecified atom stereocenters. The molecule has 0 saturated carbocycles. The van der Waals surface area contributed by atoms with Gasteiger partial charge in [0.05, 0.1) is 27.6 Å². The zero-order valence-corrected chi connectivity index (χ0v) is 33.7. The molecule has 0 aliphatic carbocycles. The summed E-state index contributed by atoms with van der Waals surface area (Å²) >= 11 is 0. The molecule has 288 valence electrons. The number of hydrogen-bond acceptors (Lipinski definition) is 1. The molecule has 4 heteroatoms. The molecule has 12 aromatic rings. The van der Waals surface area contributed by atoms with Gasteiger partial charge in [-0.2, -0.15) is 0 Å². The number of hydrogen-bond donors (Lipinski definition) is 0. The highest BCUT2D eigenvalue weighted by molar-refractivity contribution is 6.20. The van der Waals surface area contributed by atoms with Crippen LogP contribution in [0.25, 0.3) is 82.7 Å². The van der Waals surface area contributed by atoms with Crippen LogP contribution in [0.3, 0.4) is 0 Å². The Balaban J connectivity index is 1.10. The number of aryl methyl sites for hydroxylation is 1. The molecule has 0 atom stereocenters. The lowest BCUT2D eigenvalue weighted by atomic mass is 10.0. The maximum Gasteiger partial charge on any atom is 0.0788 e. The molecule has 0 fully saturated rings. The maximum absolute atomic E-state index is 2.48. The Morgan fingerprint density at radius 2 is 0.918 bits per heavy atom. The van der Waals surface area contributed by atoms with Crippen molar-refractivity contribution < 1.29 is 0 Å². The smallest absolute Gasteiger partial charge is 0.0788 e. The van der Waals surface area contributed by atoms with Gasteiger partial charge in [0.25, 0.3) is 0 Å². The first kappa shape index (κ1) is 34.9. The van der Waals surface area contributed by atoms with Crippen LogP contribution in [0.2, 0.25) is 0 Å². The molecule has 0 aliphatic rings. The minimum Gasteiger partial charge on any atom is -0.314 e. The molecule has 0 aliphatic heterocycles. The lowest BCUT2D eigenvalue weighted by Crippen LogP contribution is -2.10. The van der Waals surface area contributed by atoms with Crippen molar-refractivity contribution in [2.24, 2.45) is 0 Å². The molecule has 0 radical (unpaired) electrons. The summed E-state index contributed by atoms with van der Waals surface area (Å²) in [5.74, 6) is 0. The Labute approximate surface area is 354 Å². The van der Waals surface area contributed by atoms with Crippen LogP contribution in [-0.2, 0) is 0 Å². The number of rotatable bonds is 7. The number of aromatic nitrogens is 3. The van der Waals surface area contributed by atoms with Crippen LogP contribution >= 0.6 is 0 Å². The topological polar surface area (TPSA) is 18.0 Å². The first-order valence-electron chi connectivity index (χ1n) is 20.9. The molecule has 0 amide bonds. The summed E-state index contributed by atoms with van der Waals surface area (Å²) in [5, 5.41) is 6.10. The lowest BCUT2D eigenvalue weighted by Gasteiger charge is -2.26. The average Bonchev–Trinajstić information content (AvgIpc) is 3.99. The van der Waals surface area contributed by atoms with Crippen LogP contribution in [0.15, 0.2) is 225 Å². The van der Waals surface area contributed by atoms with E-state index in [4.69, 9.17) is 0 Å². The summed E-state index contributed by atoms with van der Waals surface area (Å²) < 4.78 is 7.25. The molecular formula is C57H40N4. The number of nitrogens with zero attached hydrogens (tertiary/aromatic N) is 4. The van der Waals surface area contributed by atoms with E-state index in [9.17, 15) is 0 Å². The van der Waals surface area contributed by atoms with Gasteiger partial charge in [0.2, 0.25) is 0 Å². The standard InChI is InChI=1S/C57H40N4/c1-39-28-30-43(31-29-39)60-53-26-13-12-25-48(53)51-37-46(32-35-55(51)60)59(42-20-9-4-10-21-42)44-22-15-23-45(36-44)61-54-27-14-11-24-47(54)49-33-34-50-52(40-16-5-2-6-17-40)38-58(56(50)57(49)61)41-18-7-3-8-19-41/h2-38H,1H3. The third-order valence-corrected chi connectivity index (χ3v) is 12.3. The maximum atomic E-state index is 2.48. The third kappa shape index (κ3) is 5.61. The van der Waals surface area contributed by atoms with Crippen molar-refractivity contribution in [3.05, 3.63) is 230 Å². The highest BCUT2D eigenvalue weighted by Gasteiger charge is 2.23. The summed E-state index contributed by atoms with van der Waals surface area (Å²) in [4.78, 5) is 2.39. The van der Waals surface area contributed by atoms with E-state index in [1.165, 1.54) is 71.2 Å². The Morgan fingerprint density at radius 1 is 0.344 bits per heavy atom. The number of anilines is 3. The van der Waals surface area contributed by atoms with Gasteiger partial charge in [-0.05, 0) is 97.4 Å². The molecule has 12 rings (SSSR count). The van der Waals surface area contributed by atoms with E-state index >= 15 is 0 Å². The SMILES string of the molecule is Cc1ccc(-n2c3ccccc3c3cc(N(c4ccccc4)c4cccc(-n5c6ccccc6c6ccc7c(-c8ccccc8)cn(-c8ccccc8)c7c65)c4)ccc32)cc1. The van der Waals surface area contributed by atoms with Crippen molar-refractivity contribution in [2.45, 2.75) is 6.92 Å². The number of benzene rings is 9. The monoisotopic (exact) mass is 780 g/mol. The van der Waals surface area contributed by atoms with E-state index < -0.39 is 0 Å². The lowest BCUT2D eigenvalue weighted by molar-refractivity contribution is 1.11. The molecular weight excluding hydrogens is 741 g/mol. The average molecular weight is 781 g/mol. The third-order valence-electron chi connectivity index (χ3n) is 12.3. The van der Waals surface area contributed by atoms with Gasteiger partial charge < -0.3 is 18.6 Å². The highest BCUT2D eigenvalue weighted by Crippen LogP contribution is 2.44. The predicted molar refractivity (Wildman–Crippen MR) is 257 cm³/mol. The van der Waals surface area contributed by atoms with Crippen LogP contribution in [0, 0.1) is 6.92 Å². The summed E-state index contributed by atoms with van der Waals surface area (Å²) in [7, 11) is 0. The summed E-state index contributed by atoms with van der Waals surface area (Å²) in [6, 6.07) is 79.3. The normalized spacial score (nSPS) is 11.7. The Kier molecular flexibility index (Phi) is 8.04. The van der Waals surface area contributed by atoms with Crippen molar-refractivity contribution in [3.63, 3.8) is 0 Å². The Morgan fingerprint density at radius 3 is 1.67 bits per heavy atom. The molecule has 9 aromatic carbocycles. The fraction of sp³-hybridized carbons (Fsp3) is 0.0175. The molecule has 0 spiro atoms. The van der Waals surface area contributed by atoms with Crippen molar-refractivity contribution in [1.82, 2.24) is 13.7 Å². The van der Waals surface area contributed by atoms with Gasteiger partial charge >= 0.3 is 0 Å². The van der Waals surface area contributed by atoms with Gasteiger partial charge in [-0.1, -0.05) is 139 Å². The van der Waals surface area contributed by atoms with Gasteiger partial charge in [0, 0.05) is 72.8 Å². The first-order chi connectivity index (χ1) is 30.2. The fourth-order valence-corrected chi connectivity index (χ4v) is 9.54. The molecule has 3 aromatic heterocycles. The second kappa shape index (κ2) is 14.0. The minimum absolute atomic E-state index is 1.08. The van der Waals surface area contributed by atoms with Gasteiger partial charge in [-0.3, -0.25) is 0 Å². The molecule has 61 heavy (non-hydrogen) atoms. The molecule has 0 bridgehead atoms. The molecule has 3 heterocycles. The summed E-state index contributed by atoms with van der Waals surface area (Å²) in [6.07, 6.45) is 2.32. The highest BCUT2D eigenvalue weighted by atomic mass is 15.1. The second-order valence-corrected chi connectivity index (χ2v) is 15.9. The van der Waals surface area contributed by atoms with E-state index in [1.807, 2.05) is 0 Å². The minimum atomic E-state index is 1.08. The number of para-hydroxylation sites is 4. The van der Waals surface area contributed by atoms with Crippen LogP contribution in [-0.4, -0.2) is 13.7 Å². The van der Waals surface area contributed by atoms with Crippen LogP contribution < -0.4 is 4.90 Å². The largest absolute Gasteiger partial charge is 0.314 e. The van der Waals surface area contributed by atoms with E-state index in [0.29, 0.717) is 0 Å². The van der Waals surface area contributed by atoms with E-state index in [0.717, 1.165) is 34.1 Å². The molecule has 0 N–H and O–H groups in total. The first-order valence-corrected chi connectivity index (χ1v) is 20.9. The zero-order valence-electron chi connectivity index (χ0n) is 33.7. The van der Waals surface area contributed by atoms with Crippen LogP contribution in [0.5, 0.6) is 0 Å².